The molecule has 2 aromatic heterocycles. The van der Waals surface area contributed by atoms with Crippen LogP contribution < -0.4 is 19.7 Å². The van der Waals surface area contributed by atoms with Gasteiger partial charge in [0.1, 0.15) is 11.5 Å². The lowest BCUT2D eigenvalue weighted by Gasteiger charge is -2.27. The van der Waals surface area contributed by atoms with Crippen molar-refractivity contribution in [3.63, 3.8) is 0 Å². The van der Waals surface area contributed by atoms with Gasteiger partial charge >= 0.3 is 0 Å². The molecule has 0 radical (unpaired) electrons. The molecule has 5 rings (SSSR count). The van der Waals surface area contributed by atoms with Crippen LogP contribution in [0.4, 0.5) is 17.2 Å². The third-order valence-electron chi connectivity index (χ3n) is 4.85. The Bertz CT molecular complexity index is 1040. The Morgan fingerprint density at radius 3 is 2.75 bits per heavy atom. The number of nitrogens with one attached hydrogen (secondary N) is 1. The fraction of sp³-hybridized carbons (Fsp3) is 0.238. The molecule has 0 spiro atoms. The summed E-state index contributed by atoms with van der Waals surface area (Å²) in [5.41, 5.74) is 4.02. The van der Waals surface area contributed by atoms with Crippen LogP contribution in [0.2, 0.25) is 0 Å². The van der Waals surface area contributed by atoms with E-state index in [0.29, 0.717) is 11.6 Å². The van der Waals surface area contributed by atoms with Crippen LogP contribution in [0.1, 0.15) is 11.1 Å². The number of benzene rings is 1. The number of hydrogen-bond acceptors (Lipinski definition) is 7. The van der Waals surface area contributed by atoms with Crippen molar-refractivity contribution in [3.05, 3.63) is 59.9 Å². The molecule has 7 heteroatoms. The van der Waals surface area contributed by atoms with E-state index in [2.05, 4.69) is 26.3 Å². The van der Waals surface area contributed by atoms with E-state index in [4.69, 9.17) is 14.2 Å². The summed E-state index contributed by atoms with van der Waals surface area (Å²) in [5, 5.41) is 3.35. The molecular formula is C21H20N4O3. The number of ether oxygens (including phenoxy) is 3. The van der Waals surface area contributed by atoms with Crippen molar-refractivity contribution in [1.29, 1.82) is 0 Å². The first kappa shape index (κ1) is 16.8. The molecule has 2 aliphatic heterocycles. The predicted molar refractivity (Wildman–Crippen MR) is 105 cm³/mol. The number of rotatable bonds is 4. The van der Waals surface area contributed by atoms with Gasteiger partial charge in [-0.15, -0.1) is 0 Å². The molecule has 2 atom stereocenters. The van der Waals surface area contributed by atoms with E-state index < -0.39 is 0 Å². The molecule has 2 unspecified atom stereocenters. The number of methoxy groups -OCH3 is 1. The van der Waals surface area contributed by atoms with Crippen LogP contribution in [0.5, 0.6) is 17.4 Å². The van der Waals surface area contributed by atoms with E-state index in [1.54, 1.807) is 13.3 Å². The summed E-state index contributed by atoms with van der Waals surface area (Å²) in [6.45, 7) is 4.01. The molecule has 1 N–H and O–H groups in total. The quantitative estimate of drug-likeness (QED) is 0.686. The zero-order valence-corrected chi connectivity index (χ0v) is 15.8. The molecule has 1 fully saturated rings. The number of anilines is 3. The first-order chi connectivity index (χ1) is 13.6. The van der Waals surface area contributed by atoms with Crippen LogP contribution in [0, 0.1) is 13.8 Å². The number of nitrogens with zero attached hydrogens (tertiary/aromatic N) is 3. The van der Waals surface area contributed by atoms with Crippen LogP contribution in [-0.2, 0) is 4.74 Å². The number of aryl methyl sites for hydroxylation is 2. The van der Waals surface area contributed by atoms with E-state index >= 15 is 0 Å². The molecule has 3 aromatic rings. The number of aromatic nitrogens is 2. The van der Waals surface area contributed by atoms with Crippen molar-refractivity contribution in [1.82, 2.24) is 9.97 Å². The highest BCUT2D eigenvalue weighted by molar-refractivity contribution is 5.77. The second-order valence-electron chi connectivity index (χ2n) is 6.93. The van der Waals surface area contributed by atoms with Crippen molar-refractivity contribution in [3.8, 4) is 17.4 Å². The van der Waals surface area contributed by atoms with Crippen LogP contribution in [0.3, 0.4) is 0 Å². The molecule has 0 bridgehead atoms. The maximum atomic E-state index is 5.87. The Hall–Kier alpha value is -3.32. The largest absolute Gasteiger partial charge is 0.496 e. The lowest BCUT2D eigenvalue weighted by molar-refractivity contribution is 0.386. The maximum absolute atomic E-state index is 5.87. The smallest absolute Gasteiger partial charge is 0.219 e. The lowest BCUT2D eigenvalue weighted by atomic mass is 10.2. The fourth-order valence-electron chi connectivity index (χ4n) is 3.37. The first-order valence-corrected chi connectivity index (χ1v) is 9.09. The van der Waals surface area contributed by atoms with Crippen molar-refractivity contribution < 1.29 is 14.2 Å². The van der Waals surface area contributed by atoms with Gasteiger partial charge < -0.3 is 19.5 Å². The second kappa shape index (κ2) is 6.38. The van der Waals surface area contributed by atoms with Gasteiger partial charge in [-0.1, -0.05) is 6.07 Å². The zero-order chi connectivity index (χ0) is 19.3. The van der Waals surface area contributed by atoms with E-state index in [-0.39, 0.29) is 12.5 Å². The highest BCUT2D eigenvalue weighted by atomic mass is 16.6. The van der Waals surface area contributed by atoms with Crippen molar-refractivity contribution in [2.45, 2.75) is 26.3 Å². The molecule has 1 aromatic carbocycles. The summed E-state index contributed by atoms with van der Waals surface area (Å²) < 4.78 is 16.9. The minimum Gasteiger partial charge on any atom is -0.496 e. The minimum absolute atomic E-state index is 0.0213. The summed E-state index contributed by atoms with van der Waals surface area (Å²) in [7, 11) is 1.65. The SMILES string of the molecule is COc1cc(Oc2ccc(N3c4ncc(C)cc4NC4OC43)cn2)ccc1C. The molecule has 28 heavy (non-hydrogen) atoms. The second-order valence-corrected chi connectivity index (χ2v) is 6.93. The summed E-state index contributed by atoms with van der Waals surface area (Å²) >= 11 is 0. The summed E-state index contributed by atoms with van der Waals surface area (Å²) in [4.78, 5) is 11.1. The van der Waals surface area contributed by atoms with Gasteiger partial charge in [0.15, 0.2) is 18.3 Å². The summed E-state index contributed by atoms with van der Waals surface area (Å²) in [5.74, 6) is 2.81. The highest BCUT2D eigenvalue weighted by Gasteiger charge is 2.49. The monoisotopic (exact) mass is 376 g/mol. The molecule has 0 amide bonds. The van der Waals surface area contributed by atoms with E-state index in [9.17, 15) is 0 Å². The molecule has 2 aliphatic rings. The van der Waals surface area contributed by atoms with Crippen molar-refractivity contribution in [2.24, 2.45) is 0 Å². The summed E-state index contributed by atoms with van der Waals surface area (Å²) in [6.07, 6.45) is 3.53. The van der Waals surface area contributed by atoms with Gasteiger partial charge in [-0.25, -0.2) is 9.97 Å². The highest BCUT2D eigenvalue weighted by Crippen LogP contribution is 2.45. The molecular weight excluding hydrogens is 356 g/mol. The van der Waals surface area contributed by atoms with E-state index in [1.807, 2.05) is 50.4 Å². The Kier molecular flexibility index (Phi) is 3.84. The lowest BCUT2D eigenvalue weighted by Crippen LogP contribution is -2.31. The average Bonchev–Trinajstić information content (AvgIpc) is 3.47. The fourth-order valence-corrected chi connectivity index (χ4v) is 3.37. The average molecular weight is 376 g/mol. The number of pyridine rings is 2. The standard InChI is InChI=1S/C21H20N4O3/c1-12-8-16-19(23-10-12)25(21-20(24-16)28-21)14-5-7-18(22-11-14)27-15-6-4-13(2)17(9-15)26-3/h4-11,20-21,24H,1-3H3. The van der Waals surface area contributed by atoms with Gasteiger partial charge in [-0.05, 0) is 43.2 Å². The molecule has 0 aliphatic carbocycles. The molecule has 4 heterocycles. The Morgan fingerprint density at radius 1 is 1.07 bits per heavy atom. The summed E-state index contributed by atoms with van der Waals surface area (Å²) in [6, 6.07) is 11.6. The molecule has 0 saturated carbocycles. The van der Waals surface area contributed by atoms with Crippen LogP contribution in [0.25, 0.3) is 0 Å². The third kappa shape index (κ3) is 2.90. The van der Waals surface area contributed by atoms with Gasteiger partial charge in [0.2, 0.25) is 5.88 Å². The van der Waals surface area contributed by atoms with Gasteiger partial charge in [-0.3, -0.25) is 4.90 Å². The topological polar surface area (TPSA) is 72.0 Å². The normalized spacial score (nSPS) is 19.3. The van der Waals surface area contributed by atoms with Gasteiger partial charge in [-0.2, -0.15) is 0 Å². The van der Waals surface area contributed by atoms with Gasteiger partial charge in [0, 0.05) is 18.3 Å². The zero-order valence-electron chi connectivity index (χ0n) is 15.8. The first-order valence-electron chi connectivity index (χ1n) is 9.09. The van der Waals surface area contributed by atoms with Gasteiger partial charge in [0.25, 0.3) is 0 Å². The van der Waals surface area contributed by atoms with E-state index in [1.165, 1.54) is 0 Å². The Labute approximate surface area is 162 Å². The van der Waals surface area contributed by atoms with Crippen molar-refractivity contribution >= 4 is 17.2 Å². The Balaban J connectivity index is 1.40. The molecule has 7 nitrogen and oxygen atoms in total. The molecule has 1 saturated heterocycles. The predicted octanol–water partition coefficient (Wildman–Crippen LogP) is 4.14. The number of hydrogen-bond donors (Lipinski definition) is 1. The van der Waals surface area contributed by atoms with Crippen LogP contribution >= 0.6 is 0 Å². The third-order valence-corrected chi connectivity index (χ3v) is 4.85. The molecule has 142 valence electrons. The van der Waals surface area contributed by atoms with E-state index in [0.717, 1.165) is 34.1 Å². The number of epoxide rings is 1. The van der Waals surface area contributed by atoms with Crippen LogP contribution in [-0.4, -0.2) is 29.5 Å². The minimum atomic E-state index is -0.0716. The Morgan fingerprint density at radius 2 is 1.96 bits per heavy atom. The van der Waals surface area contributed by atoms with Crippen molar-refractivity contribution in [2.75, 3.05) is 17.3 Å². The number of fused-ring (bicyclic) bond motifs is 2. The van der Waals surface area contributed by atoms with Crippen LogP contribution in [0.15, 0.2) is 48.8 Å². The maximum Gasteiger partial charge on any atom is 0.219 e. The van der Waals surface area contributed by atoms with Gasteiger partial charge in [0.05, 0.1) is 24.7 Å².